The van der Waals surface area contributed by atoms with Crippen molar-refractivity contribution in [1.82, 2.24) is 0 Å². The Balaban J connectivity index is 1.37. The van der Waals surface area contributed by atoms with E-state index in [0.717, 1.165) is 36.5 Å². The molecule has 4 aliphatic carbocycles. The van der Waals surface area contributed by atoms with Crippen molar-refractivity contribution in [1.29, 1.82) is 0 Å². The standard InChI is InChI=1S/C31H51BrOS/c1-5-7-8-9-10-11-12-22-14-16-26-25-15-13-23-21-24(34-29(33)28(32)6-2)17-19-31(23,4)27(25)18-20-30(22,26)3/h13,22,24-28H,5-12,14-21H2,1-4H3/t22-,24-,25-,26-,27-,28-,30+,31-/m0/s1. The first-order valence-corrected chi connectivity index (χ1v) is 16.7. The molecule has 0 aromatic carbocycles. The molecule has 0 saturated heterocycles. The minimum absolute atomic E-state index is 0.0261. The molecule has 4 rings (SSSR count). The van der Waals surface area contributed by atoms with Gasteiger partial charge in [-0.15, -0.1) is 0 Å². The van der Waals surface area contributed by atoms with Crippen LogP contribution in [-0.2, 0) is 4.79 Å². The Labute approximate surface area is 223 Å². The van der Waals surface area contributed by atoms with Crippen LogP contribution >= 0.6 is 27.7 Å². The first kappa shape index (κ1) is 27.3. The molecule has 3 heteroatoms. The molecule has 1 nitrogen and oxygen atoms in total. The fraction of sp³-hybridized carbons (Fsp3) is 0.903. The van der Waals surface area contributed by atoms with Crippen molar-refractivity contribution in [3.05, 3.63) is 11.6 Å². The molecule has 0 aromatic heterocycles. The number of alkyl halides is 1. The van der Waals surface area contributed by atoms with Gasteiger partial charge in [-0.1, -0.05) is 106 Å². The van der Waals surface area contributed by atoms with Crippen LogP contribution in [-0.4, -0.2) is 15.2 Å². The first-order chi connectivity index (χ1) is 16.3. The Morgan fingerprint density at radius 3 is 2.56 bits per heavy atom. The molecule has 3 saturated carbocycles. The third kappa shape index (κ3) is 5.41. The van der Waals surface area contributed by atoms with E-state index in [1.807, 2.05) is 0 Å². The van der Waals surface area contributed by atoms with Gasteiger partial charge < -0.3 is 0 Å². The van der Waals surface area contributed by atoms with Crippen LogP contribution in [0.2, 0.25) is 0 Å². The highest BCUT2D eigenvalue weighted by atomic mass is 79.9. The Morgan fingerprint density at radius 2 is 1.79 bits per heavy atom. The summed E-state index contributed by atoms with van der Waals surface area (Å²) in [6.07, 6.45) is 24.6. The molecule has 0 amide bonds. The summed E-state index contributed by atoms with van der Waals surface area (Å²) in [7, 11) is 0. The van der Waals surface area contributed by atoms with Crippen molar-refractivity contribution in [2.45, 2.75) is 141 Å². The van der Waals surface area contributed by atoms with E-state index in [0.29, 0.717) is 21.2 Å². The molecule has 34 heavy (non-hydrogen) atoms. The van der Waals surface area contributed by atoms with Gasteiger partial charge in [0.1, 0.15) is 0 Å². The number of hydrogen-bond acceptors (Lipinski definition) is 2. The molecule has 0 aromatic rings. The van der Waals surface area contributed by atoms with E-state index in [-0.39, 0.29) is 4.83 Å². The number of thioether (sulfide) groups is 1. The maximum atomic E-state index is 12.5. The number of unbranched alkanes of at least 4 members (excludes halogenated alkanes) is 5. The Hall–Kier alpha value is 0.240. The smallest absolute Gasteiger partial charge is 0.202 e. The summed E-state index contributed by atoms with van der Waals surface area (Å²) >= 11 is 5.21. The van der Waals surface area contributed by atoms with Gasteiger partial charge in [0, 0.05) is 5.25 Å². The van der Waals surface area contributed by atoms with Gasteiger partial charge in [0.25, 0.3) is 0 Å². The van der Waals surface area contributed by atoms with Crippen LogP contribution in [0.25, 0.3) is 0 Å². The number of carbonyl (C=O) groups is 1. The third-order valence-corrected chi connectivity index (χ3v) is 13.7. The van der Waals surface area contributed by atoms with Crippen molar-refractivity contribution in [3.8, 4) is 0 Å². The molecule has 8 atom stereocenters. The lowest BCUT2D eigenvalue weighted by Gasteiger charge is -2.58. The highest BCUT2D eigenvalue weighted by molar-refractivity contribution is 9.10. The van der Waals surface area contributed by atoms with Gasteiger partial charge >= 0.3 is 0 Å². The van der Waals surface area contributed by atoms with Gasteiger partial charge in [-0.05, 0) is 98.7 Å². The van der Waals surface area contributed by atoms with Gasteiger partial charge in [-0.3, -0.25) is 4.79 Å². The van der Waals surface area contributed by atoms with Crippen molar-refractivity contribution < 1.29 is 4.79 Å². The minimum atomic E-state index is 0.0261. The van der Waals surface area contributed by atoms with Crippen molar-refractivity contribution in [2.75, 3.05) is 0 Å². The molecule has 0 heterocycles. The van der Waals surface area contributed by atoms with E-state index in [1.165, 1.54) is 89.9 Å². The van der Waals surface area contributed by atoms with E-state index >= 15 is 0 Å². The molecule has 0 N–H and O–H groups in total. The Morgan fingerprint density at radius 1 is 1.03 bits per heavy atom. The van der Waals surface area contributed by atoms with Crippen molar-refractivity contribution in [3.63, 3.8) is 0 Å². The number of halogens is 1. The summed E-state index contributed by atoms with van der Waals surface area (Å²) in [4.78, 5) is 12.6. The summed E-state index contributed by atoms with van der Waals surface area (Å²) in [5, 5.41) is 0.846. The number of fused-ring (bicyclic) bond motifs is 5. The van der Waals surface area contributed by atoms with Gasteiger partial charge in [0.15, 0.2) is 0 Å². The maximum absolute atomic E-state index is 12.5. The predicted octanol–water partition coefficient (Wildman–Crippen LogP) is 10.1. The van der Waals surface area contributed by atoms with Crippen molar-refractivity contribution >= 4 is 32.8 Å². The van der Waals surface area contributed by atoms with E-state index in [2.05, 4.69) is 49.7 Å². The third-order valence-electron chi connectivity index (χ3n) is 11.1. The van der Waals surface area contributed by atoms with Crippen molar-refractivity contribution in [2.24, 2.45) is 34.5 Å². The van der Waals surface area contributed by atoms with E-state index in [9.17, 15) is 4.79 Å². The maximum Gasteiger partial charge on any atom is 0.202 e. The summed E-state index contributed by atoms with van der Waals surface area (Å²) in [5.41, 5.74) is 2.73. The zero-order chi connectivity index (χ0) is 24.3. The quantitative estimate of drug-likeness (QED) is 0.153. The minimum Gasteiger partial charge on any atom is -0.286 e. The van der Waals surface area contributed by atoms with E-state index < -0.39 is 0 Å². The Kier molecular flexibility index (Phi) is 9.42. The van der Waals surface area contributed by atoms with Crippen LogP contribution in [0.1, 0.15) is 130 Å². The lowest BCUT2D eigenvalue weighted by molar-refractivity contribution is -0.110. The van der Waals surface area contributed by atoms with Crippen LogP contribution in [0.3, 0.4) is 0 Å². The monoisotopic (exact) mass is 550 g/mol. The average Bonchev–Trinajstić information content (AvgIpc) is 3.17. The summed E-state index contributed by atoms with van der Waals surface area (Å²) in [5.74, 6) is 3.74. The molecule has 0 aliphatic heterocycles. The molecule has 0 bridgehead atoms. The summed E-state index contributed by atoms with van der Waals surface area (Å²) < 4.78 is 0. The number of hydrogen-bond donors (Lipinski definition) is 0. The highest BCUT2D eigenvalue weighted by Gasteiger charge is 2.58. The molecule has 4 aliphatic rings. The number of rotatable bonds is 10. The fourth-order valence-electron chi connectivity index (χ4n) is 8.89. The molecular formula is C31H51BrOS. The normalized spacial score (nSPS) is 40.1. The van der Waals surface area contributed by atoms with E-state index in [4.69, 9.17) is 0 Å². The summed E-state index contributed by atoms with van der Waals surface area (Å²) in [6, 6.07) is 0. The molecule has 3 fully saturated rings. The molecule has 0 radical (unpaired) electrons. The SMILES string of the molecule is CCCCCCCC[C@H]1CC[C@H]2[C@@H]3CC=C4C[C@@H](SC(=O)[C@@H](Br)CC)CC[C@]4(C)[C@H]3CC[C@]12C. The molecular weight excluding hydrogens is 500 g/mol. The molecule has 0 unspecified atom stereocenters. The fourth-order valence-corrected chi connectivity index (χ4v) is 10.4. The van der Waals surface area contributed by atoms with Gasteiger partial charge in [-0.2, -0.15) is 0 Å². The molecule has 0 spiro atoms. The lowest BCUT2D eigenvalue weighted by atomic mass is 9.47. The first-order valence-electron chi connectivity index (χ1n) is 14.9. The second-order valence-corrected chi connectivity index (χ2v) is 15.2. The van der Waals surface area contributed by atoms with Crippen LogP contribution in [0.4, 0.5) is 0 Å². The van der Waals surface area contributed by atoms with E-state index in [1.54, 1.807) is 17.3 Å². The molecule has 194 valence electrons. The summed E-state index contributed by atoms with van der Waals surface area (Å²) in [6.45, 7) is 9.73. The lowest BCUT2D eigenvalue weighted by Crippen LogP contribution is -2.50. The van der Waals surface area contributed by atoms with Crippen LogP contribution in [0, 0.1) is 34.5 Å². The number of allylic oxidation sites excluding steroid dienone is 2. The highest BCUT2D eigenvalue weighted by Crippen LogP contribution is 2.67. The van der Waals surface area contributed by atoms with Gasteiger partial charge in [0.2, 0.25) is 5.12 Å². The average molecular weight is 552 g/mol. The topological polar surface area (TPSA) is 17.1 Å². The second-order valence-electron chi connectivity index (χ2n) is 12.8. The van der Waals surface area contributed by atoms with Crippen LogP contribution < -0.4 is 0 Å². The largest absolute Gasteiger partial charge is 0.286 e. The van der Waals surface area contributed by atoms with Gasteiger partial charge in [-0.25, -0.2) is 0 Å². The number of carbonyl (C=O) groups excluding carboxylic acids is 1. The predicted molar refractivity (Wildman–Crippen MR) is 153 cm³/mol. The van der Waals surface area contributed by atoms with Gasteiger partial charge in [0.05, 0.1) is 4.83 Å². The Bertz CT molecular complexity index is 733. The second kappa shape index (κ2) is 11.7. The zero-order valence-corrected chi connectivity index (χ0v) is 25.0. The van der Waals surface area contributed by atoms with Crippen LogP contribution in [0.15, 0.2) is 11.6 Å². The van der Waals surface area contributed by atoms with Crippen LogP contribution in [0.5, 0.6) is 0 Å². The zero-order valence-electron chi connectivity index (χ0n) is 22.5.